The number of carbonyl (C=O) groups excluding carboxylic acids is 1. The van der Waals surface area contributed by atoms with E-state index in [9.17, 15) is 4.79 Å². The number of imidazole rings is 1. The van der Waals surface area contributed by atoms with Crippen molar-refractivity contribution in [2.75, 3.05) is 18.5 Å². The highest BCUT2D eigenvalue weighted by molar-refractivity contribution is 5.80. The molecule has 0 spiro atoms. The molecule has 3 aromatic rings. The fourth-order valence-electron chi connectivity index (χ4n) is 2.81. The van der Waals surface area contributed by atoms with E-state index in [-0.39, 0.29) is 11.9 Å². The van der Waals surface area contributed by atoms with Crippen molar-refractivity contribution in [3.8, 4) is 0 Å². The molecule has 140 valence electrons. The Bertz CT molecular complexity index is 850. The molecule has 0 bridgehead atoms. The number of likely N-dealkylation sites (N-methyl/N-ethyl adjacent to an activating group) is 1. The molecular formula is C20H24N6O. The van der Waals surface area contributed by atoms with Crippen molar-refractivity contribution in [1.29, 1.82) is 0 Å². The largest absolute Gasteiger partial charge is 0.359 e. The highest BCUT2D eigenvalue weighted by Crippen LogP contribution is 2.16. The first-order chi connectivity index (χ1) is 13.1. The lowest BCUT2D eigenvalue weighted by atomic mass is 10.2. The molecule has 0 aliphatic carbocycles. The first-order valence-corrected chi connectivity index (χ1v) is 8.95. The van der Waals surface area contributed by atoms with Crippen molar-refractivity contribution in [2.45, 2.75) is 25.9 Å². The van der Waals surface area contributed by atoms with Gasteiger partial charge in [-0.15, -0.1) is 0 Å². The maximum Gasteiger partial charge on any atom is 0.243 e. The zero-order valence-electron chi connectivity index (χ0n) is 15.6. The Labute approximate surface area is 159 Å². The van der Waals surface area contributed by atoms with Crippen LogP contribution in [0.25, 0.3) is 0 Å². The van der Waals surface area contributed by atoms with E-state index in [0.29, 0.717) is 6.54 Å². The van der Waals surface area contributed by atoms with E-state index >= 15 is 0 Å². The van der Waals surface area contributed by atoms with Gasteiger partial charge in [-0.25, -0.2) is 9.97 Å². The van der Waals surface area contributed by atoms with Gasteiger partial charge in [0.15, 0.2) is 0 Å². The van der Waals surface area contributed by atoms with Crippen molar-refractivity contribution < 1.29 is 4.79 Å². The fraction of sp³-hybridized carbons (Fsp3) is 0.300. The number of rotatable bonds is 8. The minimum absolute atomic E-state index is 0.0565. The van der Waals surface area contributed by atoms with Crippen molar-refractivity contribution in [2.24, 2.45) is 0 Å². The molecule has 0 fully saturated rings. The third-order valence-electron chi connectivity index (χ3n) is 4.46. The lowest BCUT2D eigenvalue weighted by Gasteiger charge is -2.21. The third kappa shape index (κ3) is 4.91. The molecule has 3 aromatic heterocycles. The molecule has 0 aromatic carbocycles. The molecule has 1 atom stereocenters. The van der Waals surface area contributed by atoms with Gasteiger partial charge >= 0.3 is 0 Å². The van der Waals surface area contributed by atoms with Crippen LogP contribution in [0.4, 0.5) is 5.82 Å². The lowest BCUT2D eigenvalue weighted by molar-refractivity contribution is -0.124. The standard InChI is InChI=1S/C20H24N6O/c1-16(26-13-11-21-15-26)20(27)24-14-17-6-5-10-23-19(17)25(2)12-8-18-7-3-4-9-22-18/h3-7,9-11,13,15-16H,8,12,14H2,1-2H3,(H,24,27)/t16-/m0/s1. The summed E-state index contributed by atoms with van der Waals surface area (Å²) in [6.07, 6.45) is 9.50. The van der Waals surface area contributed by atoms with Crippen molar-refractivity contribution in [3.63, 3.8) is 0 Å². The molecule has 27 heavy (non-hydrogen) atoms. The van der Waals surface area contributed by atoms with Crippen LogP contribution >= 0.6 is 0 Å². The molecule has 0 saturated carbocycles. The zero-order valence-corrected chi connectivity index (χ0v) is 15.6. The summed E-state index contributed by atoms with van der Waals surface area (Å²) >= 11 is 0. The smallest absolute Gasteiger partial charge is 0.243 e. The molecule has 3 rings (SSSR count). The maximum absolute atomic E-state index is 12.4. The molecule has 1 N–H and O–H groups in total. The summed E-state index contributed by atoms with van der Waals surface area (Å²) in [6.45, 7) is 3.07. The number of pyridine rings is 2. The van der Waals surface area contributed by atoms with E-state index in [0.717, 1.165) is 30.0 Å². The van der Waals surface area contributed by atoms with Gasteiger partial charge in [0.1, 0.15) is 11.9 Å². The number of carbonyl (C=O) groups is 1. The van der Waals surface area contributed by atoms with E-state index in [4.69, 9.17) is 0 Å². The topological polar surface area (TPSA) is 75.9 Å². The number of amides is 1. The lowest BCUT2D eigenvalue weighted by Crippen LogP contribution is -2.31. The number of anilines is 1. The third-order valence-corrected chi connectivity index (χ3v) is 4.46. The molecule has 0 unspecified atom stereocenters. The second kappa shape index (κ2) is 8.93. The molecular weight excluding hydrogens is 340 g/mol. The molecule has 3 heterocycles. The molecule has 1 amide bonds. The van der Waals surface area contributed by atoms with Gasteiger partial charge in [0, 0.05) is 62.6 Å². The summed E-state index contributed by atoms with van der Waals surface area (Å²) in [6, 6.07) is 9.49. The quantitative estimate of drug-likeness (QED) is 0.663. The number of hydrogen-bond acceptors (Lipinski definition) is 5. The van der Waals surface area contributed by atoms with Gasteiger partial charge < -0.3 is 14.8 Å². The Morgan fingerprint density at radius 2 is 2.04 bits per heavy atom. The Morgan fingerprint density at radius 1 is 1.19 bits per heavy atom. The highest BCUT2D eigenvalue weighted by atomic mass is 16.2. The summed E-state index contributed by atoms with van der Waals surface area (Å²) in [7, 11) is 2.00. The van der Waals surface area contributed by atoms with Gasteiger partial charge in [0.2, 0.25) is 5.91 Å². The van der Waals surface area contributed by atoms with Crippen LogP contribution in [0.1, 0.15) is 24.2 Å². The van der Waals surface area contributed by atoms with Crippen molar-refractivity contribution in [3.05, 3.63) is 72.7 Å². The van der Waals surface area contributed by atoms with Gasteiger partial charge in [-0.2, -0.15) is 0 Å². The average molecular weight is 364 g/mol. The fourth-order valence-corrected chi connectivity index (χ4v) is 2.81. The van der Waals surface area contributed by atoms with Crippen molar-refractivity contribution >= 4 is 11.7 Å². The first kappa shape index (κ1) is 18.6. The van der Waals surface area contributed by atoms with E-state index < -0.39 is 0 Å². The van der Waals surface area contributed by atoms with Gasteiger partial charge in [-0.1, -0.05) is 12.1 Å². The molecule has 0 aliphatic heterocycles. The highest BCUT2D eigenvalue weighted by Gasteiger charge is 2.15. The minimum Gasteiger partial charge on any atom is -0.359 e. The zero-order chi connectivity index (χ0) is 19.1. The Morgan fingerprint density at radius 3 is 2.78 bits per heavy atom. The minimum atomic E-state index is -0.311. The predicted molar refractivity (Wildman–Crippen MR) is 104 cm³/mol. The number of nitrogens with one attached hydrogen (secondary N) is 1. The monoisotopic (exact) mass is 364 g/mol. The van der Waals surface area contributed by atoms with Crippen LogP contribution in [-0.4, -0.2) is 39.0 Å². The number of aromatic nitrogens is 4. The van der Waals surface area contributed by atoms with Crippen LogP contribution < -0.4 is 10.2 Å². The second-order valence-corrected chi connectivity index (χ2v) is 6.38. The first-order valence-electron chi connectivity index (χ1n) is 8.95. The summed E-state index contributed by atoms with van der Waals surface area (Å²) in [5.74, 6) is 0.808. The van der Waals surface area contributed by atoms with Gasteiger partial charge in [0.25, 0.3) is 0 Å². The van der Waals surface area contributed by atoms with E-state index in [1.54, 1.807) is 35.7 Å². The SMILES string of the molecule is C[C@@H](C(=O)NCc1cccnc1N(C)CCc1ccccn1)n1ccnc1. The van der Waals surface area contributed by atoms with Crippen LogP contribution in [0.15, 0.2) is 61.4 Å². The van der Waals surface area contributed by atoms with Gasteiger partial charge in [0.05, 0.1) is 6.33 Å². The number of hydrogen-bond donors (Lipinski definition) is 1. The van der Waals surface area contributed by atoms with Crippen LogP contribution in [0.5, 0.6) is 0 Å². The van der Waals surface area contributed by atoms with Gasteiger partial charge in [-0.05, 0) is 25.1 Å². The summed E-state index contributed by atoms with van der Waals surface area (Å²) < 4.78 is 1.78. The van der Waals surface area contributed by atoms with Gasteiger partial charge in [-0.3, -0.25) is 9.78 Å². The van der Waals surface area contributed by atoms with Crippen LogP contribution in [0.2, 0.25) is 0 Å². The molecule has 0 aliphatic rings. The van der Waals surface area contributed by atoms with Crippen LogP contribution in [0.3, 0.4) is 0 Å². The maximum atomic E-state index is 12.4. The summed E-state index contributed by atoms with van der Waals surface area (Å²) in [5.41, 5.74) is 2.02. The Hall–Kier alpha value is -3.22. The summed E-state index contributed by atoms with van der Waals surface area (Å²) in [5, 5.41) is 2.99. The van der Waals surface area contributed by atoms with E-state index in [1.807, 2.05) is 44.3 Å². The van der Waals surface area contributed by atoms with Crippen molar-refractivity contribution in [1.82, 2.24) is 24.8 Å². The Kier molecular flexibility index (Phi) is 6.14. The van der Waals surface area contributed by atoms with E-state index in [1.165, 1.54) is 0 Å². The molecule has 7 heteroatoms. The molecule has 0 radical (unpaired) electrons. The predicted octanol–water partition coefficient (Wildman–Crippen LogP) is 2.23. The second-order valence-electron chi connectivity index (χ2n) is 6.38. The van der Waals surface area contributed by atoms with Crippen LogP contribution in [0, 0.1) is 0 Å². The Balaban J connectivity index is 1.60. The van der Waals surface area contributed by atoms with Crippen LogP contribution in [-0.2, 0) is 17.8 Å². The normalized spacial score (nSPS) is 11.8. The number of nitrogens with zero attached hydrogens (tertiary/aromatic N) is 5. The molecule has 0 saturated heterocycles. The molecule has 7 nitrogen and oxygen atoms in total. The average Bonchev–Trinajstić information content (AvgIpc) is 3.25. The van der Waals surface area contributed by atoms with E-state index in [2.05, 4.69) is 25.2 Å². The summed E-state index contributed by atoms with van der Waals surface area (Å²) in [4.78, 5) is 27.3.